The molecular weight excluding hydrogens is 237 g/mol. The zero-order valence-electron chi connectivity index (χ0n) is 7.97. The molecule has 0 aliphatic rings. The Morgan fingerprint density at radius 2 is 1.93 bits per heavy atom. The molecule has 2 rings (SSSR count). The summed E-state index contributed by atoms with van der Waals surface area (Å²) in [5.41, 5.74) is 2.38. The van der Waals surface area contributed by atoms with Crippen LogP contribution in [0.15, 0.2) is 35.3 Å². The van der Waals surface area contributed by atoms with E-state index in [0.717, 1.165) is 5.69 Å². The molecule has 1 aromatic carbocycles. The van der Waals surface area contributed by atoms with Crippen LogP contribution in [0.4, 0.5) is 0 Å². The third-order valence-corrected chi connectivity index (χ3v) is 3.80. The van der Waals surface area contributed by atoms with Crippen molar-refractivity contribution in [3.63, 3.8) is 0 Å². The fraction of sp³-hybridized carbons (Fsp3) is 0.0833. The van der Waals surface area contributed by atoms with Crippen LogP contribution in [0.1, 0.15) is 15.8 Å². The van der Waals surface area contributed by atoms with Gasteiger partial charge in [-0.1, -0.05) is 0 Å². The van der Waals surface area contributed by atoms with Crippen molar-refractivity contribution in [3.8, 4) is 0 Å². The minimum atomic E-state index is 0.440. The molecule has 0 radical (unpaired) electrons. The van der Waals surface area contributed by atoms with Crippen LogP contribution < -0.4 is 0 Å². The van der Waals surface area contributed by atoms with Crippen molar-refractivity contribution in [1.29, 1.82) is 0 Å². The molecule has 1 nitrogen and oxygen atoms in total. The van der Waals surface area contributed by atoms with Gasteiger partial charge in [0.1, 0.15) is 0 Å². The van der Waals surface area contributed by atoms with E-state index < -0.39 is 0 Å². The quantitative estimate of drug-likeness (QED) is 0.744. The molecule has 0 unspecified atom stereocenters. The summed E-state index contributed by atoms with van der Waals surface area (Å²) in [7, 11) is 0. The Kier molecular flexibility index (Phi) is 2.97. The summed E-state index contributed by atoms with van der Waals surface area (Å²) in [6.07, 6.45) is 4.23. The van der Waals surface area contributed by atoms with Gasteiger partial charge in [0.05, 0.1) is 0 Å². The van der Waals surface area contributed by atoms with E-state index in [0.29, 0.717) is 14.5 Å². The van der Waals surface area contributed by atoms with E-state index in [2.05, 4.69) is 34.2 Å². The number of aryl methyl sites for hydroxylation is 1. The molecule has 2 aromatic rings. The van der Waals surface area contributed by atoms with E-state index >= 15 is 0 Å². The fourth-order valence-electron chi connectivity index (χ4n) is 1.18. The molecule has 0 aliphatic carbocycles. The molecule has 0 N–H and O–H groups in total. The van der Waals surface area contributed by atoms with Crippen LogP contribution in [-0.4, -0.2) is 19.5 Å². The van der Waals surface area contributed by atoms with E-state index in [1.54, 1.807) is 0 Å². The fourth-order valence-corrected chi connectivity index (χ4v) is 2.62. The van der Waals surface area contributed by atoms with Crippen molar-refractivity contribution in [3.05, 3.63) is 51.1 Å². The van der Waals surface area contributed by atoms with Crippen molar-refractivity contribution in [2.24, 2.45) is 0 Å². The molecule has 1 aromatic heterocycles. The molecule has 0 spiro atoms. The van der Waals surface area contributed by atoms with Crippen LogP contribution in [0.3, 0.4) is 0 Å². The van der Waals surface area contributed by atoms with E-state index in [1.807, 2.05) is 25.1 Å². The Morgan fingerprint density at radius 3 is 2.57 bits per heavy atom. The van der Waals surface area contributed by atoms with Gasteiger partial charge in [0, 0.05) is 0 Å². The molecular formula is C12H11NSe. The van der Waals surface area contributed by atoms with Gasteiger partial charge in [0.2, 0.25) is 0 Å². The molecule has 14 heavy (non-hydrogen) atoms. The summed E-state index contributed by atoms with van der Waals surface area (Å²) >= 11 is 0.440. The Labute approximate surface area is 89.9 Å². The molecule has 0 amide bonds. The third kappa shape index (κ3) is 2.44. The molecule has 0 atom stereocenters. The van der Waals surface area contributed by atoms with Crippen LogP contribution in [0, 0.1) is 6.92 Å². The summed E-state index contributed by atoms with van der Waals surface area (Å²) in [5.74, 6) is 0. The van der Waals surface area contributed by atoms with Crippen LogP contribution in [0.25, 0.3) is 12.2 Å². The molecule has 0 fully saturated rings. The summed E-state index contributed by atoms with van der Waals surface area (Å²) < 4.78 is 1.21. The zero-order valence-corrected chi connectivity index (χ0v) is 9.69. The first kappa shape index (κ1) is 9.44. The van der Waals surface area contributed by atoms with E-state index in [4.69, 9.17) is 0 Å². The van der Waals surface area contributed by atoms with Crippen LogP contribution in [0.5, 0.6) is 0 Å². The van der Waals surface area contributed by atoms with Crippen molar-refractivity contribution < 1.29 is 0 Å². The molecule has 0 saturated heterocycles. The molecule has 0 bridgehead atoms. The SMILES string of the molecule is Cc1c[se]c(/C=C/c2ccccc2)n1. The van der Waals surface area contributed by atoms with Gasteiger partial charge in [-0.05, 0) is 0 Å². The normalized spacial score (nSPS) is 10.9. The Hall–Kier alpha value is -1.11. The number of benzene rings is 1. The average molecular weight is 248 g/mol. The number of aromatic nitrogens is 1. The summed E-state index contributed by atoms with van der Waals surface area (Å²) in [4.78, 5) is 6.63. The van der Waals surface area contributed by atoms with Gasteiger partial charge in [0.15, 0.2) is 0 Å². The second-order valence-electron chi connectivity index (χ2n) is 3.07. The standard InChI is InChI=1S/C12H11NSe/c1-10-9-14-12(13-10)8-7-11-5-3-2-4-6-11/h2-9H,1H3/b8-7+. The predicted octanol–water partition coefficient (Wildman–Crippen LogP) is 2.62. The van der Waals surface area contributed by atoms with Crippen molar-refractivity contribution in [1.82, 2.24) is 4.98 Å². The summed E-state index contributed by atoms with van der Waals surface area (Å²) in [5, 5.41) is 0. The first-order chi connectivity index (χ1) is 6.84. The zero-order chi connectivity index (χ0) is 9.80. The molecule has 2 heteroatoms. The summed E-state index contributed by atoms with van der Waals surface area (Å²) in [6, 6.07) is 10.3. The molecule has 0 aliphatic heterocycles. The second-order valence-corrected chi connectivity index (χ2v) is 4.94. The molecule has 1 heterocycles. The Morgan fingerprint density at radius 1 is 1.14 bits per heavy atom. The van der Waals surface area contributed by atoms with Gasteiger partial charge in [-0.2, -0.15) is 0 Å². The van der Waals surface area contributed by atoms with Crippen LogP contribution in [0.2, 0.25) is 0 Å². The summed E-state index contributed by atoms with van der Waals surface area (Å²) in [6.45, 7) is 2.05. The number of hydrogen-bond acceptors (Lipinski definition) is 1. The monoisotopic (exact) mass is 249 g/mol. The van der Waals surface area contributed by atoms with Crippen molar-refractivity contribution in [2.45, 2.75) is 6.92 Å². The van der Waals surface area contributed by atoms with E-state index in [9.17, 15) is 0 Å². The van der Waals surface area contributed by atoms with Gasteiger partial charge in [0.25, 0.3) is 0 Å². The average Bonchev–Trinajstić information content (AvgIpc) is 2.63. The molecule has 70 valence electrons. The van der Waals surface area contributed by atoms with Gasteiger partial charge >= 0.3 is 89.7 Å². The Bertz CT molecular complexity index is 429. The van der Waals surface area contributed by atoms with Crippen LogP contribution in [-0.2, 0) is 0 Å². The van der Waals surface area contributed by atoms with E-state index in [1.165, 1.54) is 10.1 Å². The first-order valence-electron chi connectivity index (χ1n) is 4.50. The minimum absolute atomic E-state index is 0.440. The molecule has 0 saturated carbocycles. The van der Waals surface area contributed by atoms with Crippen molar-refractivity contribution in [2.75, 3.05) is 0 Å². The predicted molar refractivity (Wildman–Crippen MR) is 61.3 cm³/mol. The maximum atomic E-state index is 4.42. The van der Waals surface area contributed by atoms with Gasteiger partial charge in [-0.25, -0.2) is 0 Å². The topological polar surface area (TPSA) is 12.9 Å². The van der Waals surface area contributed by atoms with Gasteiger partial charge in [-0.3, -0.25) is 0 Å². The van der Waals surface area contributed by atoms with Gasteiger partial charge < -0.3 is 0 Å². The third-order valence-electron chi connectivity index (χ3n) is 1.85. The second kappa shape index (κ2) is 4.41. The number of nitrogens with zero attached hydrogens (tertiary/aromatic N) is 1. The Balaban J connectivity index is 2.15. The van der Waals surface area contributed by atoms with Crippen molar-refractivity contribution >= 4 is 26.7 Å². The first-order valence-corrected chi connectivity index (χ1v) is 6.34. The maximum absolute atomic E-state index is 4.42. The number of hydrogen-bond donors (Lipinski definition) is 0. The van der Waals surface area contributed by atoms with Crippen LogP contribution >= 0.6 is 0 Å². The number of rotatable bonds is 2. The van der Waals surface area contributed by atoms with Gasteiger partial charge in [-0.15, -0.1) is 0 Å². The van der Waals surface area contributed by atoms with E-state index in [-0.39, 0.29) is 0 Å².